The Kier molecular flexibility index (Phi) is 4.94. The summed E-state index contributed by atoms with van der Waals surface area (Å²) in [5.41, 5.74) is 0. The number of rotatable bonds is 4. The first-order chi connectivity index (χ1) is 4.16. The third-order valence-electron chi connectivity index (χ3n) is 0.936. The maximum atomic E-state index is 10.2. The molecule has 0 aliphatic heterocycles. The largest absolute Gasteiger partial charge is 0.305 e. The van der Waals surface area contributed by atoms with Crippen molar-refractivity contribution >= 4 is 11.1 Å². The predicted molar refractivity (Wildman–Crippen MR) is 38.6 cm³/mol. The summed E-state index contributed by atoms with van der Waals surface area (Å²) in [6.45, 7) is 2.92. The van der Waals surface area contributed by atoms with E-state index in [0.717, 1.165) is 13.0 Å². The highest BCUT2D eigenvalue weighted by Crippen LogP contribution is 1.86. The van der Waals surface area contributed by atoms with Crippen LogP contribution in [0.5, 0.6) is 0 Å². The lowest BCUT2D eigenvalue weighted by molar-refractivity contribution is 0.377. The van der Waals surface area contributed by atoms with Crippen LogP contribution in [0.1, 0.15) is 13.3 Å². The molecule has 4 heteroatoms. The highest BCUT2D eigenvalue weighted by Gasteiger charge is 1.98. The van der Waals surface area contributed by atoms with Gasteiger partial charge in [-0.2, -0.15) is 0 Å². The Labute approximate surface area is 58.3 Å². The van der Waals surface area contributed by atoms with Gasteiger partial charge in [-0.15, -0.1) is 0 Å². The molecule has 0 bridgehead atoms. The Balaban J connectivity index is 3.26. The second-order valence-electron chi connectivity index (χ2n) is 2.03. The SMILES string of the molecule is CCCN(C)CS(=O)O. The van der Waals surface area contributed by atoms with Crippen LogP contribution in [0.4, 0.5) is 0 Å². The van der Waals surface area contributed by atoms with Gasteiger partial charge in [0.15, 0.2) is 11.1 Å². The maximum absolute atomic E-state index is 10.2. The smallest absolute Gasteiger partial charge is 0.167 e. The Morgan fingerprint density at radius 2 is 2.22 bits per heavy atom. The van der Waals surface area contributed by atoms with E-state index in [0.29, 0.717) is 0 Å². The van der Waals surface area contributed by atoms with E-state index in [1.807, 2.05) is 18.9 Å². The highest BCUT2D eigenvalue weighted by atomic mass is 32.2. The topological polar surface area (TPSA) is 40.5 Å². The average Bonchev–Trinajstić information content (AvgIpc) is 1.63. The van der Waals surface area contributed by atoms with E-state index in [1.54, 1.807) is 0 Å². The van der Waals surface area contributed by atoms with Gasteiger partial charge in [-0.1, -0.05) is 6.92 Å². The molecule has 0 aliphatic carbocycles. The number of nitrogens with zero attached hydrogens (tertiary/aromatic N) is 1. The van der Waals surface area contributed by atoms with E-state index < -0.39 is 11.1 Å². The standard InChI is InChI=1S/C5H13NO2S/c1-3-4-6(2)5-9(7)8/h3-5H2,1-2H3,(H,7,8). The first-order valence-corrected chi connectivity index (χ1v) is 4.20. The molecule has 0 aliphatic rings. The fourth-order valence-electron chi connectivity index (χ4n) is 0.635. The lowest BCUT2D eigenvalue weighted by atomic mass is 10.5. The molecular formula is C5H13NO2S. The second kappa shape index (κ2) is 4.90. The molecule has 0 aromatic rings. The van der Waals surface area contributed by atoms with E-state index >= 15 is 0 Å². The zero-order chi connectivity index (χ0) is 7.28. The first-order valence-electron chi connectivity index (χ1n) is 2.92. The normalized spacial score (nSPS) is 14.2. The predicted octanol–water partition coefficient (Wildman–Crippen LogP) is 0.507. The summed E-state index contributed by atoms with van der Waals surface area (Å²) in [6.07, 6.45) is 1.02. The number of hydrogen-bond acceptors (Lipinski definition) is 2. The molecule has 0 aromatic carbocycles. The minimum Gasteiger partial charge on any atom is -0.305 e. The highest BCUT2D eigenvalue weighted by molar-refractivity contribution is 7.79. The summed E-state index contributed by atoms with van der Waals surface area (Å²) < 4.78 is 18.5. The van der Waals surface area contributed by atoms with Crippen molar-refractivity contribution in [1.82, 2.24) is 4.90 Å². The summed E-state index contributed by atoms with van der Waals surface area (Å²) in [6, 6.07) is 0. The van der Waals surface area contributed by atoms with Gasteiger partial charge in [0, 0.05) is 0 Å². The van der Waals surface area contributed by atoms with E-state index in [9.17, 15) is 4.21 Å². The maximum Gasteiger partial charge on any atom is 0.167 e. The van der Waals surface area contributed by atoms with Gasteiger partial charge in [-0.25, -0.2) is 4.21 Å². The van der Waals surface area contributed by atoms with Crippen molar-refractivity contribution in [2.24, 2.45) is 0 Å². The van der Waals surface area contributed by atoms with Gasteiger partial charge in [0.25, 0.3) is 0 Å². The molecule has 3 nitrogen and oxygen atoms in total. The Morgan fingerprint density at radius 3 is 2.56 bits per heavy atom. The lowest BCUT2D eigenvalue weighted by Crippen LogP contribution is -2.23. The molecule has 1 unspecified atom stereocenters. The van der Waals surface area contributed by atoms with E-state index in [4.69, 9.17) is 4.55 Å². The molecule has 1 N–H and O–H groups in total. The molecule has 0 fully saturated rings. The van der Waals surface area contributed by atoms with Crippen LogP contribution < -0.4 is 0 Å². The van der Waals surface area contributed by atoms with Crippen LogP contribution in [0.25, 0.3) is 0 Å². The molecule has 0 saturated heterocycles. The van der Waals surface area contributed by atoms with Crippen molar-refractivity contribution in [3.8, 4) is 0 Å². The zero-order valence-electron chi connectivity index (χ0n) is 5.83. The lowest BCUT2D eigenvalue weighted by Gasteiger charge is -2.11. The van der Waals surface area contributed by atoms with Crippen molar-refractivity contribution in [1.29, 1.82) is 0 Å². The summed E-state index contributed by atoms with van der Waals surface area (Å²) in [7, 11) is 1.83. The summed E-state index contributed by atoms with van der Waals surface area (Å²) >= 11 is -1.67. The fraction of sp³-hybridized carbons (Fsp3) is 1.00. The van der Waals surface area contributed by atoms with Crippen LogP contribution in [0.2, 0.25) is 0 Å². The average molecular weight is 151 g/mol. The van der Waals surface area contributed by atoms with Crippen LogP contribution in [0.3, 0.4) is 0 Å². The van der Waals surface area contributed by atoms with Crippen LogP contribution in [-0.2, 0) is 11.1 Å². The molecule has 0 radical (unpaired) electrons. The van der Waals surface area contributed by atoms with Crippen molar-refractivity contribution < 1.29 is 8.76 Å². The molecular weight excluding hydrogens is 138 g/mol. The van der Waals surface area contributed by atoms with Crippen LogP contribution in [0, 0.1) is 0 Å². The van der Waals surface area contributed by atoms with Crippen LogP contribution in [-0.4, -0.2) is 33.1 Å². The van der Waals surface area contributed by atoms with Crippen molar-refractivity contribution in [2.75, 3.05) is 19.5 Å². The number of hydrogen-bond donors (Lipinski definition) is 1. The minimum absolute atomic E-state index is 0.258. The molecule has 9 heavy (non-hydrogen) atoms. The second-order valence-corrected chi connectivity index (χ2v) is 2.93. The zero-order valence-corrected chi connectivity index (χ0v) is 6.65. The molecule has 0 saturated carbocycles. The van der Waals surface area contributed by atoms with Gasteiger partial charge in [0.2, 0.25) is 0 Å². The molecule has 0 spiro atoms. The Bertz CT molecular complexity index is 97.0. The third-order valence-corrected chi connectivity index (χ3v) is 1.60. The van der Waals surface area contributed by atoms with Gasteiger partial charge in [0.1, 0.15) is 5.88 Å². The van der Waals surface area contributed by atoms with Crippen LogP contribution in [0.15, 0.2) is 0 Å². The van der Waals surface area contributed by atoms with E-state index in [-0.39, 0.29) is 5.88 Å². The third kappa shape index (κ3) is 5.95. The Hall–Kier alpha value is 0.0700. The summed E-state index contributed by atoms with van der Waals surface area (Å²) in [4.78, 5) is 1.83. The van der Waals surface area contributed by atoms with Gasteiger partial charge < -0.3 is 4.55 Å². The molecule has 0 amide bonds. The van der Waals surface area contributed by atoms with Crippen LogP contribution >= 0.6 is 0 Å². The van der Waals surface area contributed by atoms with Crippen molar-refractivity contribution in [3.05, 3.63) is 0 Å². The summed E-state index contributed by atoms with van der Waals surface area (Å²) in [5.74, 6) is 0.258. The van der Waals surface area contributed by atoms with Gasteiger partial charge >= 0.3 is 0 Å². The first kappa shape index (κ1) is 9.07. The quantitative estimate of drug-likeness (QED) is 0.595. The molecule has 1 atom stereocenters. The molecule has 0 aromatic heterocycles. The van der Waals surface area contributed by atoms with Crippen molar-refractivity contribution in [2.45, 2.75) is 13.3 Å². The van der Waals surface area contributed by atoms with E-state index in [1.165, 1.54) is 0 Å². The van der Waals surface area contributed by atoms with Gasteiger partial charge in [0.05, 0.1) is 0 Å². The molecule has 56 valence electrons. The van der Waals surface area contributed by atoms with Gasteiger partial charge in [-0.3, -0.25) is 4.90 Å². The molecule has 0 rings (SSSR count). The van der Waals surface area contributed by atoms with Gasteiger partial charge in [-0.05, 0) is 20.0 Å². The minimum atomic E-state index is -1.67. The molecule has 0 heterocycles. The van der Waals surface area contributed by atoms with Crippen molar-refractivity contribution in [3.63, 3.8) is 0 Å². The Morgan fingerprint density at radius 1 is 1.67 bits per heavy atom. The summed E-state index contributed by atoms with van der Waals surface area (Å²) in [5, 5.41) is 0. The van der Waals surface area contributed by atoms with E-state index in [2.05, 4.69) is 0 Å². The fourth-order valence-corrected chi connectivity index (χ4v) is 1.14. The monoisotopic (exact) mass is 151 g/mol.